The number of hydrogen-bond acceptors (Lipinski definition) is 4. The summed E-state index contributed by atoms with van der Waals surface area (Å²) in [6, 6.07) is 9.72. The number of unbranched alkanes of at least 4 members (excludes halogenated alkanes) is 22. The molecule has 6 heteroatoms. The topological polar surface area (TPSA) is 86.7 Å². The van der Waals surface area contributed by atoms with E-state index in [9.17, 15) is 14.4 Å². The van der Waals surface area contributed by atoms with Crippen LogP contribution in [0.1, 0.15) is 188 Å². The molecule has 6 nitrogen and oxygen atoms in total. The number of carbonyl (C=O) groups excluding carboxylic acids is 2. The number of carboxylic acid groups (broad SMARTS) is 1. The van der Waals surface area contributed by atoms with Gasteiger partial charge in [0.05, 0.1) is 0 Å². The van der Waals surface area contributed by atoms with Gasteiger partial charge in [-0.15, -0.1) is 0 Å². The van der Waals surface area contributed by atoms with Crippen molar-refractivity contribution < 1.29 is 19.5 Å². The van der Waals surface area contributed by atoms with Gasteiger partial charge in [0.15, 0.2) is 0 Å². The fourth-order valence-electron chi connectivity index (χ4n) is 7.01. The van der Waals surface area contributed by atoms with Crippen molar-refractivity contribution in [3.63, 3.8) is 0 Å². The zero-order chi connectivity index (χ0) is 33.5. The molecule has 0 atom stereocenters. The number of nitrogens with one attached hydrogen (secondary N) is 1. The van der Waals surface area contributed by atoms with Gasteiger partial charge in [-0.2, -0.15) is 0 Å². The molecule has 0 fully saturated rings. The molecule has 0 saturated carbocycles. The summed E-state index contributed by atoms with van der Waals surface area (Å²) in [7, 11) is 0. The molecule has 0 radical (unpaired) electrons. The second-order valence-corrected chi connectivity index (χ2v) is 13.9. The van der Waals surface area contributed by atoms with E-state index in [2.05, 4.69) is 12.2 Å². The predicted molar refractivity (Wildman–Crippen MR) is 197 cm³/mol. The van der Waals surface area contributed by atoms with E-state index in [4.69, 9.17) is 5.11 Å². The SMILES string of the molecule is CCCCCCCCCCCCCCCCCCNc1ccc2c3c(cccc13)C(=O)N(CCCCCCCCCCC(=O)O)C2=O. The average molecular weight is 649 g/mol. The highest BCUT2D eigenvalue weighted by Crippen LogP contribution is 2.34. The van der Waals surface area contributed by atoms with Crippen molar-refractivity contribution in [3.8, 4) is 0 Å². The van der Waals surface area contributed by atoms with E-state index in [0.29, 0.717) is 17.7 Å². The van der Waals surface area contributed by atoms with Crippen LogP contribution in [0.3, 0.4) is 0 Å². The van der Waals surface area contributed by atoms with Crippen LogP contribution in [-0.4, -0.2) is 40.9 Å². The lowest BCUT2D eigenvalue weighted by Gasteiger charge is -2.28. The maximum absolute atomic E-state index is 13.4. The summed E-state index contributed by atoms with van der Waals surface area (Å²) in [6.45, 7) is 3.63. The first-order chi connectivity index (χ1) is 23.0. The Hall–Kier alpha value is -2.89. The molecule has 262 valence electrons. The van der Waals surface area contributed by atoms with Gasteiger partial charge in [-0.05, 0) is 37.5 Å². The Morgan fingerprint density at radius 3 is 1.60 bits per heavy atom. The van der Waals surface area contributed by atoms with E-state index in [1.54, 1.807) is 0 Å². The van der Waals surface area contributed by atoms with Crippen molar-refractivity contribution in [2.24, 2.45) is 0 Å². The largest absolute Gasteiger partial charge is 0.481 e. The molecule has 0 aliphatic carbocycles. The van der Waals surface area contributed by atoms with E-state index in [0.717, 1.165) is 80.8 Å². The summed E-state index contributed by atoms with van der Waals surface area (Å²) in [4.78, 5) is 38.9. The molecule has 1 aliphatic rings. The van der Waals surface area contributed by atoms with Crippen LogP contribution in [0.25, 0.3) is 10.8 Å². The van der Waals surface area contributed by atoms with Gasteiger partial charge in [-0.25, -0.2) is 0 Å². The van der Waals surface area contributed by atoms with Gasteiger partial charge < -0.3 is 10.4 Å². The van der Waals surface area contributed by atoms with E-state index >= 15 is 0 Å². The van der Waals surface area contributed by atoms with Crippen LogP contribution >= 0.6 is 0 Å². The number of hydrogen-bond donors (Lipinski definition) is 2. The van der Waals surface area contributed by atoms with Crippen LogP contribution in [0, 0.1) is 0 Å². The number of rotatable bonds is 29. The molecule has 2 N–H and O–H groups in total. The lowest BCUT2D eigenvalue weighted by atomic mass is 9.92. The minimum Gasteiger partial charge on any atom is -0.481 e. The molecular formula is C41H64N2O4. The van der Waals surface area contributed by atoms with E-state index < -0.39 is 5.97 Å². The van der Waals surface area contributed by atoms with Crippen molar-refractivity contribution in [2.75, 3.05) is 18.4 Å². The van der Waals surface area contributed by atoms with Crippen LogP contribution in [0.5, 0.6) is 0 Å². The number of nitrogens with zero attached hydrogens (tertiary/aromatic N) is 1. The summed E-state index contributed by atoms with van der Waals surface area (Å²) < 4.78 is 0. The quantitative estimate of drug-likeness (QED) is 0.0677. The Kier molecular flexibility index (Phi) is 19.2. The number of benzene rings is 2. The highest BCUT2D eigenvalue weighted by Gasteiger charge is 2.32. The Morgan fingerprint density at radius 1 is 0.596 bits per heavy atom. The first kappa shape index (κ1) is 38.6. The summed E-state index contributed by atoms with van der Waals surface area (Å²) >= 11 is 0. The van der Waals surface area contributed by atoms with Gasteiger partial charge in [0.1, 0.15) is 0 Å². The normalized spacial score (nSPS) is 12.7. The van der Waals surface area contributed by atoms with Crippen LogP contribution in [0.4, 0.5) is 5.69 Å². The minimum absolute atomic E-state index is 0.179. The molecule has 2 aromatic carbocycles. The maximum Gasteiger partial charge on any atom is 0.303 e. The summed E-state index contributed by atoms with van der Waals surface area (Å²) in [6.07, 6.45) is 29.9. The molecule has 3 rings (SSSR count). The highest BCUT2D eigenvalue weighted by atomic mass is 16.4. The molecule has 0 saturated heterocycles. The fourth-order valence-corrected chi connectivity index (χ4v) is 7.01. The van der Waals surface area contributed by atoms with Crippen LogP contribution in [-0.2, 0) is 4.79 Å². The summed E-state index contributed by atoms with van der Waals surface area (Å²) in [5.41, 5.74) is 2.26. The molecule has 2 aromatic rings. The van der Waals surface area contributed by atoms with Gasteiger partial charge in [0, 0.05) is 47.1 Å². The summed E-state index contributed by atoms with van der Waals surface area (Å²) in [5, 5.41) is 14.1. The van der Waals surface area contributed by atoms with Crippen molar-refractivity contribution in [2.45, 2.75) is 167 Å². The molecule has 0 aromatic heterocycles. The number of anilines is 1. The zero-order valence-electron chi connectivity index (χ0n) is 29.6. The van der Waals surface area contributed by atoms with Crippen molar-refractivity contribution in [3.05, 3.63) is 41.5 Å². The monoisotopic (exact) mass is 648 g/mol. The number of imide groups is 1. The molecule has 1 heterocycles. The van der Waals surface area contributed by atoms with E-state index in [1.807, 2.05) is 30.3 Å². The Labute approximate surface area is 285 Å². The van der Waals surface area contributed by atoms with Gasteiger partial charge in [-0.1, -0.05) is 154 Å². The van der Waals surface area contributed by atoms with Crippen LogP contribution < -0.4 is 5.32 Å². The van der Waals surface area contributed by atoms with Crippen LogP contribution in [0.2, 0.25) is 0 Å². The smallest absolute Gasteiger partial charge is 0.303 e. The molecule has 47 heavy (non-hydrogen) atoms. The number of amides is 2. The number of aliphatic carboxylic acids is 1. The third-order valence-corrected chi connectivity index (χ3v) is 9.86. The number of carbonyl (C=O) groups is 3. The summed E-state index contributed by atoms with van der Waals surface area (Å²) in [5.74, 6) is -1.08. The first-order valence-electron chi connectivity index (χ1n) is 19.4. The van der Waals surface area contributed by atoms with Crippen molar-refractivity contribution in [1.29, 1.82) is 0 Å². The van der Waals surface area contributed by atoms with Crippen molar-refractivity contribution in [1.82, 2.24) is 4.90 Å². The first-order valence-corrected chi connectivity index (χ1v) is 19.4. The van der Waals surface area contributed by atoms with E-state index in [1.165, 1.54) is 101 Å². The van der Waals surface area contributed by atoms with Crippen molar-refractivity contribution >= 4 is 34.2 Å². The molecule has 2 amide bonds. The maximum atomic E-state index is 13.4. The molecule has 1 aliphatic heterocycles. The van der Waals surface area contributed by atoms with Gasteiger partial charge in [0.25, 0.3) is 11.8 Å². The Balaban J connectivity index is 1.29. The average Bonchev–Trinajstić information content (AvgIpc) is 3.07. The number of carboxylic acids is 1. The van der Waals surface area contributed by atoms with Gasteiger partial charge in [0.2, 0.25) is 0 Å². The third-order valence-electron chi connectivity index (χ3n) is 9.86. The zero-order valence-corrected chi connectivity index (χ0v) is 29.6. The Morgan fingerprint density at radius 2 is 1.06 bits per heavy atom. The van der Waals surface area contributed by atoms with E-state index in [-0.39, 0.29) is 18.2 Å². The standard InChI is InChI=1S/C41H64N2O4/c1-2-3-4-5-6-7-8-9-10-11-12-13-15-18-21-24-32-42-37-31-30-36-39-34(37)27-26-28-35(39)40(46)43(41(36)47)33-25-22-19-16-14-17-20-23-29-38(44)45/h26-28,30-31,42H,2-25,29,32-33H2,1H3,(H,44,45). The third kappa shape index (κ3) is 14.0. The molecule has 0 unspecified atom stereocenters. The minimum atomic E-state index is -0.719. The second kappa shape index (κ2) is 23.4. The lowest BCUT2D eigenvalue weighted by Crippen LogP contribution is -2.40. The molecular weight excluding hydrogens is 584 g/mol. The molecule has 0 bridgehead atoms. The van der Waals surface area contributed by atoms with Gasteiger partial charge in [-0.3, -0.25) is 19.3 Å². The molecule has 0 spiro atoms. The fraction of sp³-hybridized carbons (Fsp3) is 0.683. The predicted octanol–water partition coefficient (Wildman–Crippen LogP) is 11.7. The Bertz CT molecular complexity index is 1190. The highest BCUT2D eigenvalue weighted by molar-refractivity contribution is 6.26. The van der Waals surface area contributed by atoms with Crippen LogP contribution in [0.15, 0.2) is 30.3 Å². The lowest BCUT2D eigenvalue weighted by molar-refractivity contribution is -0.137. The second-order valence-electron chi connectivity index (χ2n) is 13.9. The van der Waals surface area contributed by atoms with Gasteiger partial charge >= 0.3 is 5.97 Å².